The topological polar surface area (TPSA) is 84.2 Å². The summed E-state index contributed by atoms with van der Waals surface area (Å²) in [5.74, 6) is -0.688. The average molecular weight is 271 g/mol. The Morgan fingerprint density at radius 3 is 2.95 bits per heavy atom. The lowest BCUT2D eigenvalue weighted by Crippen LogP contribution is -2.22. The minimum Gasteiger partial charge on any atom is -0.311 e. The molecule has 2 rings (SSSR count). The van der Waals surface area contributed by atoms with Gasteiger partial charge in [0.25, 0.3) is 11.5 Å². The second-order valence-corrected chi connectivity index (χ2v) is 4.07. The van der Waals surface area contributed by atoms with E-state index in [1.807, 2.05) is 6.07 Å². The smallest absolute Gasteiger partial charge is 0.267 e. The number of nitrogens with zero attached hydrogens (tertiary/aromatic N) is 2. The van der Waals surface area contributed by atoms with Crippen molar-refractivity contribution in [1.29, 1.82) is 0 Å². The summed E-state index contributed by atoms with van der Waals surface area (Å²) in [4.78, 5) is 27.1. The van der Waals surface area contributed by atoms with E-state index < -0.39 is 5.91 Å². The van der Waals surface area contributed by atoms with Gasteiger partial charge in [-0.15, -0.1) is 0 Å². The molecule has 1 amide bonds. The first-order chi connectivity index (χ1) is 9.70. The van der Waals surface area contributed by atoms with Gasteiger partial charge in [-0.3, -0.25) is 19.8 Å². The molecule has 0 bridgehead atoms. The van der Waals surface area contributed by atoms with Crippen molar-refractivity contribution in [3.05, 3.63) is 70.4 Å². The normalized spacial score (nSPS) is 10.7. The Labute approximate surface area is 115 Å². The maximum Gasteiger partial charge on any atom is 0.267 e. The SMILES string of the molecule is O=C(/C=C/c1cccn(Cc2cccnc2)c1=O)NO. The Balaban J connectivity index is 2.26. The summed E-state index contributed by atoms with van der Waals surface area (Å²) in [6.07, 6.45) is 7.46. The van der Waals surface area contributed by atoms with Crippen LogP contribution in [-0.4, -0.2) is 20.7 Å². The fraction of sp³-hybridized carbons (Fsp3) is 0.0714. The van der Waals surface area contributed by atoms with E-state index in [2.05, 4.69) is 4.98 Å². The summed E-state index contributed by atoms with van der Waals surface area (Å²) in [5.41, 5.74) is 2.51. The van der Waals surface area contributed by atoms with Gasteiger partial charge in [0.1, 0.15) is 0 Å². The van der Waals surface area contributed by atoms with Crippen LogP contribution in [0.4, 0.5) is 0 Å². The van der Waals surface area contributed by atoms with Crippen molar-refractivity contribution in [2.24, 2.45) is 0 Å². The van der Waals surface area contributed by atoms with Gasteiger partial charge in [0.05, 0.1) is 6.54 Å². The zero-order valence-electron chi connectivity index (χ0n) is 10.6. The van der Waals surface area contributed by atoms with Crippen molar-refractivity contribution in [3.63, 3.8) is 0 Å². The van der Waals surface area contributed by atoms with Crippen LogP contribution in [-0.2, 0) is 11.3 Å². The highest BCUT2D eigenvalue weighted by atomic mass is 16.5. The molecule has 0 radical (unpaired) electrons. The second kappa shape index (κ2) is 6.44. The molecule has 0 saturated carbocycles. The quantitative estimate of drug-likeness (QED) is 0.489. The fourth-order valence-corrected chi connectivity index (χ4v) is 1.70. The highest BCUT2D eigenvalue weighted by molar-refractivity contribution is 5.90. The van der Waals surface area contributed by atoms with Crippen LogP contribution in [0.1, 0.15) is 11.1 Å². The minimum absolute atomic E-state index is 0.224. The number of hydroxylamine groups is 1. The van der Waals surface area contributed by atoms with Gasteiger partial charge in [0.15, 0.2) is 0 Å². The summed E-state index contributed by atoms with van der Waals surface area (Å²) in [7, 11) is 0. The number of pyridine rings is 2. The van der Waals surface area contributed by atoms with Crippen molar-refractivity contribution in [2.45, 2.75) is 6.54 Å². The summed E-state index contributed by atoms with van der Waals surface area (Å²) in [6, 6.07) is 6.99. The largest absolute Gasteiger partial charge is 0.311 e. The van der Waals surface area contributed by atoms with Gasteiger partial charge < -0.3 is 4.57 Å². The molecule has 6 heteroatoms. The summed E-state index contributed by atoms with van der Waals surface area (Å²) in [5, 5.41) is 8.39. The molecule has 0 fully saturated rings. The van der Waals surface area contributed by atoms with Crippen LogP contribution < -0.4 is 11.0 Å². The molecule has 0 saturated heterocycles. The third-order valence-corrected chi connectivity index (χ3v) is 2.65. The lowest BCUT2D eigenvalue weighted by Gasteiger charge is -2.06. The van der Waals surface area contributed by atoms with Crippen molar-refractivity contribution in [2.75, 3.05) is 0 Å². The van der Waals surface area contributed by atoms with Crippen LogP contribution in [0, 0.1) is 0 Å². The third-order valence-electron chi connectivity index (χ3n) is 2.65. The number of hydrogen-bond acceptors (Lipinski definition) is 4. The molecular weight excluding hydrogens is 258 g/mol. The number of nitrogens with one attached hydrogen (secondary N) is 1. The highest BCUT2D eigenvalue weighted by Gasteiger charge is 2.02. The summed E-state index contributed by atoms with van der Waals surface area (Å²) < 4.78 is 1.52. The van der Waals surface area contributed by atoms with Gasteiger partial charge >= 0.3 is 0 Å². The monoisotopic (exact) mass is 271 g/mol. The molecule has 0 aliphatic carbocycles. The first-order valence-electron chi connectivity index (χ1n) is 5.91. The molecule has 0 aromatic carbocycles. The molecule has 2 N–H and O–H groups in total. The van der Waals surface area contributed by atoms with E-state index in [-0.39, 0.29) is 5.56 Å². The summed E-state index contributed by atoms with van der Waals surface area (Å²) in [6.45, 7) is 0.403. The predicted octanol–water partition coefficient (Wildman–Crippen LogP) is 0.810. The Morgan fingerprint density at radius 2 is 2.25 bits per heavy atom. The molecule has 0 unspecified atom stereocenters. The van der Waals surface area contributed by atoms with E-state index in [0.29, 0.717) is 12.1 Å². The van der Waals surface area contributed by atoms with Gasteiger partial charge in [0, 0.05) is 30.2 Å². The highest BCUT2D eigenvalue weighted by Crippen LogP contribution is 2.00. The van der Waals surface area contributed by atoms with Gasteiger partial charge in [-0.05, 0) is 29.8 Å². The van der Waals surface area contributed by atoms with E-state index in [9.17, 15) is 9.59 Å². The Hall–Kier alpha value is -2.73. The maximum absolute atomic E-state index is 12.2. The average Bonchev–Trinajstić information content (AvgIpc) is 2.49. The molecule has 6 nitrogen and oxygen atoms in total. The number of carbonyl (C=O) groups is 1. The van der Waals surface area contributed by atoms with Crippen LogP contribution in [0.3, 0.4) is 0 Å². The lowest BCUT2D eigenvalue weighted by molar-refractivity contribution is -0.124. The van der Waals surface area contributed by atoms with E-state index in [4.69, 9.17) is 5.21 Å². The van der Waals surface area contributed by atoms with Gasteiger partial charge in [-0.1, -0.05) is 6.07 Å². The molecule has 102 valence electrons. The van der Waals surface area contributed by atoms with E-state index in [1.54, 1.807) is 36.8 Å². The van der Waals surface area contributed by atoms with Crippen LogP contribution in [0.15, 0.2) is 53.7 Å². The Bertz CT molecular complexity index is 678. The first kappa shape index (κ1) is 13.7. The molecular formula is C14H13N3O3. The number of carbonyl (C=O) groups excluding carboxylic acids is 1. The zero-order valence-corrected chi connectivity index (χ0v) is 10.6. The van der Waals surface area contributed by atoms with E-state index >= 15 is 0 Å². The van der Waals surface area contributed by atoms with Crippen molar-refractivity contribution in [3.8, 4) is 0 Å². The fourth-order valence-electron chi connectivity index (χ4n) is 1.70. The number of hydrogen-bond donors (Lipinski definition) is 2. The summed E-state index contributed by atoms with van der Waals surface area (Å²) >= 11 is 0. The standard InChI is InChI=1S/C14H13N3O3/c18-13(16-20)6-5-12-4-2-8-17(14(12)19)10-11-3-1-7-15-9-11/h1-9,20H,10H2,(H,16,18)/b6-5+. The second-order valence-electron chi connectivity index (χ2n) is 4.07. The van der Waals surface area contributed by atoms with Gasteiger partial charge in [-0.2, -0.15) is 0 Å². The van der Waals surface area contributed by atoms with Gasteiger partial charge in [0.2, 0.25) is 0 Å². The van der Waals surface area contributed by atoms with Crippen LogP contribution in [0.5, 0.6) is 0 Å². The van der Waals surface area contributed by atoms with Crippen LogP contribution in [0.25, 0.3) is 6.08 Å². The predicted molar refractivity (Wildman–Crippen MR) is 73.0 cm³/mol. The molecule has 0 aliphatic rings. The Kier molecular flexibility index (Phi) is 4.41. The van der Waals surface area contributed by atoms with Crippen LogP contribution >= 0.6 is 0 Å². The number of aromatic nitrogens is 2. The molecule has 0 spiro atoms. The third kappa shape index (κ3) is 3.39. The molecule has 0 atom stereocenters. The number of amides is 1. The van der Waals surface area contributed by atoms with E-state index in [0.717, 1.165) is 11.6 Å². The molecule has 20 heavy (non-hydrogen) atoms. The zero-order chi connectivity index (χ0) is 14.4. The maximum atomic E-state index is 12.2. The van der Waals surface area contributed by atoms with Crippen molar-refractivity contribution >= 4 is 12.0 Å². The van der Waals surface area contributed by atoms with Crippen LogP contribution in [0.2, 0.25) is 0 Å². The molecule has 2 heterocycles. The first-order valence-corrected chi connectivity index (χ1v) is 5.91. The molecule has 0 aliphatic heterocycles. The Morgan fingerprint density at radius 1 is 1.40 bits per heavy atom. The number of rotatable bonds is 4. The molecule has 2 aromatic heterocycles. The lowest BCUT2D eigenvalue weighted by atomic mass is 10.2. The minimum atomic E-state index is -0.688. The van der Waals surface area contributed by atoms with Crippen molar-refractivity contribution in [1.82, 2.24) is 15.0 Å². The van der Waals surface area contributed by atoms with Gasteiger partial charge in [-0.25, -0.2) is 5.48 Å². The van der Waals surface area contributed by atoms with Crippen molar-refractivity contribution < 1.29 is 10.0 Å². The van der Waals surface area contributed by atoms with E-state index in [1.165, 1.54) is 16.1 Å². The molecule has 2 aromatic rings.